The zero-order valence-corrected chi connectivity index (χ0v) is 9.28. The molecule has 1 heterocycles. The number of aromatic nitrogens is 1. The third-order valence-corrected chi connectivity index (χ3v) is 3.17. The Kier molecular flexibility index (Phi) is 2.88. The van der Waals surface area contributed by atoms with Crippen LogP contribution in [0.15, 0.2) is 24.3 Å². The molecular formula is C10H8ClFN2S. The van der Waals surface area contributed by atoms with E-state index in [0.717, 1.165) is 0 Å². The molecule has 1 aromatic carbocycles. The Morgan fingerprint density at radius 1 is 1.40 bits per heavy atom. The van der Waals surface area contributed by atoms with E-state index >= 15 is 0 Å². The van der Waals surface area contributed by atoms with E-state index in [2.05, 4.69) is 4.98 Å². The molecule has 15 heavy (non-hydrogen) atoms. The lowest BCUT2D eigenvalue weighted by Crippen LogP contribution is -1.86. The second kappa shape index (κ2) is 4.16. The van der Waals surface area contributed by atoms with Crippen LogP contribution in [0.2, 0.25) is 0 Å². The van der Waals surface area contributed by atoms with Gasteiger partial charge in [0.1, 0.15) is 5.82 Å². The number of nitrogens with two attached hydrogens (primary N) is 1. The van der Waals surface area contributed by atoms with Gasteiger partial charge in [-0.2, -0.15) is 0 Å². The topological polar surface area (TPSA) is 38.9 Å². The summed E-state index contributed by atoms with van der Waals surface area (Å²) >= 11 is 6.96. The summed E-state index contributed by atoms with van der Waals surface area (Å²) in [6, 6.07) is 6.51. The van der Waals surface area contributed by atoms with Crippen molar-refractivity contribution in [3.05, 3.63) is 35.8 Å². The van der Waals surface area contributed by atoms with E-state index in [1.165, 1.54) is 17.4 Å². The summed E-state index contributed by atoms with van der Waals surface area (Å²) in [6.07, 6.45) is 0. The molecule has 0 saturated heterocycles. The molecule has 2 nitrogen and oxygen atoms in total. The molecule has 0 spiro atoms. The Hall–Kier alpha value is -1.13. The number of halogens is 2. The molecule has 0 bridgehead atoms. The molecule has 2 aromatic rings. The Morgan fingerprint density at radius 3 is 2.80 bits per heavy atom. The fraction of sp³-hybridized carbons (Fsp3) is 0.100. The summed E-state index contributed by atoms with van der Waals surface area (Å²) in [7, 11) is 0. The van der Waals surface area contributed by atoms with Crippen molar-refractivity contribution >= 4 is 28.1 Å². The van der Waals surface area contributed by atoms with E-state index in [9.17, 15) is 4.39 Å². The molecular weight excluding hydrogens is 235 g/mol. The molecule has 2 N–H and O–H groups in total. The second-order valence-electron chi connectivity index (χ2n) is 2.94. The van der Waals surface area contributed by atoms with E-state index in [0.29, 0.717) is 21.3 Å². The lowest BCUT2D eigenvalue weighted by Gasteiger charge is -2.00. The van der Waals surface area contributed by atoms with Gasteiger partial charge in [-0.25, -0.2) is 9.37 Å². The summed E-state index contributed by atoms with van der Waals surface area (Å²) in [5.41, 5.74) is 6.70. The van der Waals surface area contributed by atoms with Gasteiger partial charge in [0.25, 0.3) is 0 Å². The molecule has 0 aliphatic rings. The Morgan fingerprint density at radius 2 is 2.13 bits per heavy atom. The van der Waals surface area contributed by atoms with E-state index in [1.54, 1.807) is 18.2 Å². The smallest absolute Gasteiger partial charge is 0.180 e. The molecule has 0 aliphatic heterocycles. The number of nitrogens with zero attached hydrogens (tertiary/aromatic N) is 1. The minimum Gasteiger partial charge on any atom is -0.375 e. The zero-order valence-electron chi connectivity index (χ0n) is 7.71. The van der Waals surface area contributed by atoms with Gasteiger partial charge in [0.05, 0.1) is 16.5 Å². The predicted molar refractivity (Wildman–Crippen MR) is 61.5 cm³/mol. The molecule has 1 aromatic heterocycles. The first-order valence-electron chi connectivity index (χ1n) is 4.28. The monoisotopic (exact) mass is 242 g/mol. The molecule has 5 heteroatoms. The van der Waals surface area contributed by atoms with Crippen LogP contribution in [0.5, 0.6) is 0 Å². The van der Waals surface area contributed by atoms with Crippen LogP contribution in [-0.4, -0.2) is 4.98 Å². The first kappa shape index (κ1) is 10.4. The number of thiazole rings is 1. The van der Waals surface area contributed by atoms with Crippen LogP contribution in [0.4, 0.5) is 9.52 Å². The number of benzene rings is 1. The normalized spacial score (nSPS) is 10.5. The van der Waals surface area contributed by atoms with Gasteiger partial charge in [0.15, 0.2) is 5.13 Å². The quantitative estimate of drug-likeness (QED) is 0.821. The van der Waals surface area contributed by atoms with Gasteiger partial charge in [0, 0.05) is 5.56 Å². The van der Waals surface area contributed by atoms with Gasteiger partial charge in [-0.05, 0) is 6.07 Å². The van der Waals surface area contributed by atoms with Crippen molar-refractivity contribution in [2.24, 2.45) is 0 Å². The van der Waals surface area contributed by atoms with Gasteiger partial charge >= 0.3 is 0 Å². The molecule has 0 unspecified atom stereocenters. The minimum atomic E-state index is -0.285. The van der Waals surface area contributed by atoms with Crippen molar-refractivity contribution in [2.45, 2.75) is 5.88 Å². The molecule has 0 saturated carbocycles. The van der Waals surface area contributed by atoms with E-state index in [-0.39, 0.29) is 11.7 Å². The van der Waals surface area contributed by atoms with Gasteiger partial charge in [0.2, 0.25) is 0 Å². The average molecular weight is 243 g/mol. The van der Waals surface area contributed by atoms with Crippen LogP contribution in [0.1, 0.15) is 5.69 Å². The van der Waals surface area contributed by atoms with Gasteiger partial charge in [-0.1, -0.05) is 29.5 Å². The lowest BCUT2D eigenvalue weighted by atomic mass is 10.1. The number of rotatable bonds is 2. The van der Waals surface area contributed by atoms with E-state index < -0.39 is 0 Å². The summed E-state index contributed by atoms with van der Waals surface area (Å²) in [5, 5.41) is 0.406. The number of alkyl halides is 1. The first-order valence-corrected chi connectivity index (χ1v) is 5.63. The van der Waals surface area contributed by atoms with Crippen LogP contribution in [0.3, 0.4) is 0 Å². The van der Waals surface area contributed by atoms with Crippen molar-refractivity contribution in [3.8, 4) is 10.4 Å². The first-order chi connectivity index (χ1) is 7.22. The highest BCUT2D eigenvalue weighted by molar-refractivity contribution is 7.18. The molecule has 0 fully saturated rings. The Labute approximate surface area is 95.5 Å². The SMILES string of the molecule is Nc1nc(CCl)c(-c2ccccc2F)s1. The summed E-state index contributed by atoms with van der Waals surface area (Å²) in [4.78, 5) is 4.75. The lowest BCUT2D eigenvalue weighted by molar-refractivity contribution is 0.631. The summed E-state index contributed by atoms with van der Waals surface area (Å²) in [6.45, 7) is 0. The maximum atomic E-state index is 13.5. The summed E-state index contributed by atoms with van der Waals surface area (Å²) < 4.78 is 13.5. The van der Waals surface area contributed by atoms with Gasteiger partial charge < -0.3 is 5.73 Å². The largest absolute Gasteiger partial charge is 0.375 e. The van der Waals surface area contributed by atoms with Gasteiger partial charge in [-0.3, -0.25) is 0 Å². The third-order valence-electron chi connectivity index (χ3n) is 1.96. The van der Waals surface area contributed by atoms with Crippen LogP contribution >= 0.6 is 22.9 Å². The fourth-order valence-electron chi connectivity index (χ4n) is 1.32. The van der Waals surface area contributed by atoms with Crippen molar-refractivity contribution in [3.63, 3.8) is 0 Å². The molecule has 0 aliphatic carbocycles. The maximum Gasteiger partial charge on any atom is 0.180 e. The zero-order chi connectivity index (χ0) is 10.8. The molecule has 0 radical (unpaired) electrons. The van der Waals surface area contributed by atoms with E-state index in [4.69, 9.17) is 17.3 Å². The van der Waals surface area contributed by atoms with Crippen molar-refractivity contribution in [2.75, 3.05) is 5.73 Å². The molecule has 0 amide bonds. The highest BCUT2D eigenvalue weighted by atomic mass is 35.5. The van der Waals surface area contributed by atoms with Crippen LogP contribution in [0.25, 0.3) is 10.4 Å². The third kappa shape index (κ3) is 1.96. The number of nitrogen functional groups attached to an aromatic ring is 1. The minimum absolute atomic E-state index is 0.233. The van der Waals surface area contributed by atoms with Crippen LogP contribution in [0, 0.1) is 5.82 Å². The van der Waals surface area contributed by atoms with Gasteiger partial charge in [-0.15, -0.1) is 11.6 Å². The Bertz CT molecular complexity index is 484. The van der Waals surface area contributed by atoms with Crippen molar-refractivity contribution in [1.82, 2.24) is 4.98 Å². The fourth-order valence-corrected chi connectivity index (χ4v) is 2.47. The van der Waals surface area contributed by atoms with Crippen LogP contribution < -0.4 is 5.73 Å². The Balaban J connectivity index is 2.58. The van der Waals surface area contributed by atoms with Crippen molar-refractivity contribution in [1.29, 1.82) is 0 Å². The molecule has 2 rings (SSSR count). The second-order valence-corrected chi connectivity index (χ2v) is 4.24. The van der Waals surface area contributed by atoms with Crippen molar-refractivity contribution < 1.29 is 4.39 Å². The highest BCUT2D eigenvalue weighted by Gasteiger charge is 2.13. The van der Waals surface area contributed by atoms with Crippen LogP contribution in [-0.2, 0) is 5.88 Å². The number of anilines is 1. The standard InChI is InChI=1S/C10H8ClFN2S/c11-5-8-9(15-10(13)14-8)6-3-1-2-4-7(6)12/h1-4H,5H2,(H2,13,14). The highest BCUT2D eigenvalue weighted by Crippen LogP contribution is 2.33. The number of hydrogen-bond acceptors (Lipinski definition) is 3. The predicted octanol–water partition coefficient (Wildman–Crippen LogP) is 3.27. The summed E-state index contributed by atoms with van der Waals surface area (Å²) in [5.74, 6) is -0.0512. The molecule has 78 valence electrons. The maximum absolute atomic E-state index is 13.5. The molecule has 0 atom stereocenters. The number of hydrogen-bond donors (Lipinski definition) is 1. The average Bonchev–Trinajstić information content (AvgIpc) is 2.60. The van der Waals surface area contributed by atoms with E-state index in [1.807, 2.05) is 0 Å².